The van der Waals surface area contributed by atoms with Crippen molar-refractivity contribution in [3.8, 4) is 0 Å². The first kappa shape index (κ1) is 11.8. The van der Waals surface area contributed by atoms with Crippen LogP contribution < -0.4 is 5.73 Å². The molecule has 0 amide bonds. The van der Waals surface area contributed by atoms with Gasteiger partial charge in [0.15, 0.2) is 0 Å². The molecule has 0 bridgehead atoms. The Bertz CT molecular complexity index is 109. The van der Waals surface area contributed by atoms with Crippen LogP contribution in [0.3, 0.4) is 0 Å². The summed E-state index contributed by atoms with van der Waals surface area (Å²) in [6.07, 6.45) is 1.68. The van der Waals surface area contributed by atoms with E-state index in [0.29, 0.717) is 0 Å². The van der Waals surface area contributed by atoms with E-state index in [2.05, 4.69) is 0 Å². The van der Waals surface area contributed by atoms with Gasteiger partial charge < -0.3 is 15.7 Å². The number of nitrogens with zero attached hydrogens (tertiary/aromatic N) is 1. The molecule has 4 heteroatoms. The van der Waals surface area contributed by atoms with Crippen LogP contribution in [0.4, 0.5) is 0 Å². The van der Waals surface area contributed by atoms with Gasteiger partial charge in [-0.1, -0.05) is 6.92 Å². The number of hydrogen-bond donors (Lipinski definition) is 2. The van der Waals surface area contributed by atoms with E-state index in [1.807, 2.05) is 6.92 Å². The largest absolute Gasteiger partial charge is 0.385 e. The fraction of sp³-hybridized carbons (Fsp3) is 1.00. The molecule has 0 heterocycles. The quantitative estimate of drug-likeness (QED) is 0.354. The van der Waals surface area contributed by atoms with E-state index in [0.717, 1.165) is 24.5 Å². The molecule has 3 N–H and O–H groups in total. The zero-order chi connectivity index (χ0) is 9.56. The van der Waals surface area contributed by atoms with Gasteiger partial charge in [0.25, 0.3) is 0 Å². The molecule has 0 aromatic heterocycles. The van der Waals surface area contributed by atoms with Crippen molar-refractivity contribution in [2.45, 2.75) is 25.9 Å². The maximum Gasteiger partial charge on any atom is 0.0838 e. The number of rotatable bonds is 6. The molecule has 4 nitrogen and oxygen atoms in total. The lowest BCUT2D eigenvalue weighted by molar-refractivity contribution is -0.116. The molecule has 0 aliphatic heterocycles. The first-order valence-corrected chi connectivity index (χ1v) is 4.25. The third-order valence-corrected chi connectivity index (χ3v) is 2.02. The molecule has 0 aromatic rings. The maximum atomic E-state index is 9.02. The number of nitrogens with two attached hydrogens (primary N) is 1. The fourth-order valence-electron chi connectivity index (χ4n) is 1.09. The predicted octanol–water partition coefficient (Wildman–Crippen LogP) is 0.655. The molecule has 0 aromatic carbocycles. The zero-order valence-electron chi connectivity index (χ0n) is 8.16. The lowest BCUT2D eigenvalue weighted by Crippen LogP contribution is -2.42. The Hall–Kier alpha value is -0.160. The van der Waals surface area contributed by atoms with Crippen LogP contribution in [0.25, 0.3) is 0 Å². The molecule has 2 atom stereocenters. The minimum absolute atomic E-state index is 0.276. The van der Waals surface area contributed by atoms with Crippen LogP contribution in [0.2, 0.25) is 0 Å². The molecule has 0 saturated heterocycles. The van der Waals surface area contributed by atoms with Gasteiger partial charge in [0, 0.05) is 20.8 Å². The van der Waals surface area contributed by atoms with Crippen molar-refractivity contribution in [1.29, 1.82) is 0 Å². The highest BCUT2D eigenvalue weighted by Gasteiger charge is 2.15. The highest BCUT2D eigenvalue weighted by atomic mass is 16.5. The van der Waals surface area contributed by atoms with Gasteiger partial charge in [0.1, 0.15) is 0 Å². The van der Waals surface area contributed by atoms with Gasteiger partial charge in [-0.2, -0.15) is 5.06 Å². The van der Waals surface area contributed by atoms with Crippen LogP contribution in [0.15, 0.2) is 0 Å². The normalized spacial score (nSPS) is 16.5. The summed E-state index contributed by atoms with van der Waals surface area (Å²) >= 11 is 0. The summed E-state index contributed by atoms with van der Waals surface area (Å²) in [6.45, 7) is 2.78. The summed E-state index contributed by atoms with van der Waals surface area (Å²) in [5, 5.41) is 10.1. The van der Waals surface area contributed by atoms with Crippen LogP contribution in [-0.2, 0) is 4.74 Å². The summed E-state index contributed by atoms with van der Waals surface area (Å²) in [5.41, 5.74) is 5.68. The Morgan fingerprint density at radius 2 is 2.17 bits per heavy atom. The van der Waals surface area contributed by atoms with E-state index in [-0.39, 0.29) is 12.1 Å². The zero-order valence-corrected chi connectivity index (χ0v) is 8.16. The highest BCUT2D eigenvalue weighted by molar-refractivity contribution is 4.63. The molecule has 74 valence electrons. The van der Waals surface area contributed by atoms with Gasteiger partial charge in [-0.3, -0.25) is 0 Å². The minimum Gasteiger partial charge on any atom is -0.385 e. The van der Waals surface area contributed by atoms with Crippen molar-refractivity contribution in [3.63, 3.8) is 0 Å². The Morgan fingerprint density at radius 3 is 2.58 bits per heavy atom. The van der Waals surface area contributed by atoms with Crippen molar-refractivity contribution < 1.29 is 9.94 Å². The number of hydroxylamine groups is 2. The fourth-order valence-corrected chi connectivity index (χ4v) is 1.09. The summed E-state index contributed by atoms with van der Waals surface area (Å²) in [5.74, 6) is 0.287. The van der Waals surface area contributed by atoms with E-state index < -0.39 is 0 Å². The molecule has 0 fully saturated rings. The first-order valence-electron chi connectivity index (χ1n) is 4.25. The third kappa shape index (κ3) is 4.66. The second kappa shape index (κ2) is 6.37. The first-order chi connectivity index (χ1) is 5.59. The Morgan fingerprint density at radius 1 is 1.58 bits per heavy atom. The van der Waals surface area contributed by atoms with E-state index in [1.165, 1.54) is 0 Å². The summed E-state index contributed by atoms with van der Waals surface area (Å²) in [4.78, 5) is 0. The number of methoxy groups -OCH3 is 1. The van der Waals surface area contributed by atoms with Gasteiger partial charge in [-0.15, -0.1) is 0 Å². The van der Waals surface area contributed by atoms with Gasteiger partial charge in [-0.25, -0.2) is 0 Å². The Balaban J connectivity index is 3.49. The van der Waals surface area contributed by atoms with Crippen LogP contribution >= 0.6 is 0 Å². The minimum atomic E-state index is -0.276. The monoisotopic (exact) mass is 176 g/mol. The van der Waals surface area contributed by atoms with Crippen molar-refractivity contribution in [3.05, 3.63) is 0 Å². The predicted molar refractivity (Wildman–Crippen MR) is 47.8 cm³/mol. The SMILES string of the molecule is COCCCC(C)C(N)N(C)O. The molecule has 0 spiro atoms. The second-order valence-electron chi connectivity index (χ2n) is 3.18. The summed E-state index contributed by atoms with van der Waals surface area (Å²) in [7, 11) is 3.25. The third-order valence-electron chi connectivity index (χ3n) is 2.02. The number of hydrogen-bond acceptors (Lipinski definition) is 4. The Labute approximate surface area is 74.3 Å². The molecule has 0 saturated carbocycles. The van der Waals surface area contributed by atoms with E-state index >= 15 is 0 Å². The van der Waals surface area contributed by atoms with Crippen LogP contribution in [0.5, 0.6) is 0 Å². The molecular weight excluding hydrogens is 156 g/mol. The average molecular weight is 176 g/mol. The van der Waals surface area contributed by atoms with Crippen LogP contribution in [-0.4, -0.2) is 37.2 Å². The summed E-state index contributed by atoms with van der Waals surface area (Å²) in [6, 6.07) is 0. The van der Waals surface area contributed by atoms with Crippen LogP contribution in [0.1, 0.15) is 19.8 Å². The molecule has 2 unspecified atom stereocenters. The van der Waals surface area contributed by atoms with Crippen molar-refractivity contribution in [2.24, 2.45) is 11.7 Å². The van der Waals surface area contributed by atoms with Gasteiger partial charge in [0.2, 0.25) is 0 Å². The van der Waals surface area contributed by atoms with Crippen molar-refractivity contribution in [2.75, 3.05) is 20.8 Å². The second-order valence-corrected chi connectivity index (χ2v) is 3.18. The molecular formula is C8H20N2O2. The highest BCUT2D eigenvalue weighted by Crippen LogP contribution is 2.10. The maximum absolute atomic E-state index is 9.02. The standard InChI is InChI=1S/C8H20N2O2/c1-7(5-4-6-12-3)8(9)10(2)11/h7-8,11H,4-6,9H2,1-3H3. The van der Waals surface area contributed by atoms with Gasteiger partial charge >= 0.3 is 0 Å². The molecule has 0 rings (SSSR count). The van der Waals surface area contributed by atoms with Gasteiger partial charge in [0.05, 0.1) is 6.17 Å². The topological polar surface area (TPSA) is 58.7 Å². The lowest BCUT2D eigenvalue weighted by Gasteiger charge is -2.24. The van der Waals surface area contributed by atoms with Crippen molar-refractivity contribution in [1.82, 2.24) is 5.06 Å². The molecule has 0 aliphatic rings. The molecule has 12 heavy (non-hydrogen) atoms. The number of ether oxygens (including phenoxy) is 1. The van der Waals surface area contributed by atoms with Crippen LogP contribution in [0, 0.1) is 5.92 Å². The summed E-state index contributed by atoms with van der Waals surface area (Å²) < 4.78 is 4.92. The van der Waals surface area contributed by atoms with Gasteiger partial charge in [-0.05, 0) is 18.8 Å². The average Bonchev–Trinajstić information content (AvgIpc) is 2.03. The smallest absolute Gasteiger partial charge is 0.0838 e. The molecule has 0 aliphatic carbocycles. The van der Waals surface area contributed by atoms with E-state index in [9.17, 15) is 0 Å². The Kier molecular flexibility index (Phi) is 6.28. The van der Waals surface area contributed by atoms with E-state index in [4.69, 9.17) is 15.7 Å². The van der Waals surface area contributed by atoms with E-state index in [1.54, 1.807) is 14.2 Å². The van der Waals surface area contributed by atoms with Crippen molar-refractivity contribution >= 4 is 0 Å². The lowest BCUT2D eigenvalue weighted by atomic mass is 10.0. The molecule has 0 radical (unpaired) electrons.